The van der Waals surface area contributed by atoms with Gasteiger partial charge >= 0.3 is 0 Å². The number of hydrogen-bond donors (Lipinski definition) is 2. The first-order valence-corrected chi connectivity index (χ1v) is 11.6. The molecule has 0 atom stereocenters. The molecule has 144 valence electrons. The summed E-state index contributed by atoms with van der Waals surface area (Å²) in [5.74, 6) is 0. The minimum atomic E-state index is 0.989. The molecule has 0 radical (unpaired) electrons. The van der Waals surface area contributed by atoms with E-state index < -0.39 is 0 Å². The van der Waals surface area contributed by atoms with Crippen molar-refractivity contribution in [2.45, 2.75) is 27.2 Å². The molecule has 5 heteroatoms. The van der Waals surface area contributed by atoms with Gasteiger partial charge in [-0.2, -0.15) is 0 Å². The summed E-state index contributed by atoms with van der Waals surface area (Å²) in [5, 5.41) is 15.2. The van der Waals surface area contributed by atoms with Gasteiger partial charge in [0, 0.05) is 10.7 Å². The normalized spacial score (nSPS) is 7.96. The van der Waals surface area contributed by atoms with Crippen LogP contribution >= 0.6 is 67.8 Å². The lowest BCUT2D eigenvalue weighted by molar-refractivity contribution is 0.399. The van der Waals surface area contributed by atoms with Crippen LogP contribution in [-0.4, -0.2) is 26.7 Å². The largest absolute Gasteiger partial charge is 0.516 e. The molecule has 0 heterocycles. The van der Waals surface area contributed by atoms with Crippen molar-refractivity contribution in [3.05, 3.63) is 72.1 Å². The Morgan fingerprint density at radius 2 is 1.38 bits per heavy atom. The third kappa shape index (κ3) is 79.0. The Balaban J connectivity index is -0.0000000464. The average molecular weight is 676 g/mol. The van der Waals surface area contributed by atoms with Crippen molar-refractivity contribution in [2.75, 3.05) is 16.5 Å². The van der Waals surface area contributed by atoms with Gasteiger partial charge in [-0.25, -0.2) is 0 Å². The minimum absolute atomic E-state index is 0.989. The second-order valence-corrected chi connectivity index (χ2v) is 5.78. The maximum atomic E-state index is 8.24. The monoisotopic (exact) mass is 676 g/mol. The second-order valence-electron chi connectivity index (χ2n) is 3.31. The zero-order valence-corrected chi connectivity index (χ0v) is 22.3. The van der Waals surface area contributed by atoms with Crippen molar-refractivity contribution >= 4 is 67.8 Å². The van der Waals surface area contributed by atoms with Crippen LogP contribution in [0.4, 0.5) is 0 Å². The number of rotatable bonds is 4. The molecule has 0 aromatic carbocycles. The fourth-order valence-electron chi connectivity index (χ4n) is 0.330. The van der Waals surface area contributed by atoms with E-state index in [1.165, 1.54) is 10.8 Å². The maximum Gasteiger partial charge on any atom is 0.0791 e. The van der Waals surface area contributed by atoms with Crippen LogP contribution in [0.15, 0.2) is 72.1 Å². The van der Waals surface area contributed by atoms with Crippen molar-refractivity contribution in [3.8, 4) is 0 Å². The van der Waals surface area contributed by atoms with Crippen LogP contribution in [0.3, 0.4) is 0 Å². The van der Waals surface area contributed by atoms with Crippen LogP contribution in [0.2, 0.25) is 0 Å². The summed E-state index contributed by atoms with van der Waals surface area (Å²) in [4.78, 5) is 1.97. The van der Waals surface area contributed by atoms with Crippen LogP contribution in [0.25, 0.3) is 0 Å². The van der Waals surface area contributed by atoms with E-state index >= 15 is 0 Å². The zero-order chi connectivity index (χ0) is 21.0. The standard InChI is InChI=1S/C8H12O.C4H5I.C3H7I.C2H4.CH3I.CH4O/c1-7(2)8(3)5-4-6-9;1-3-4(2)5;1-2-3-4;3*1-2/h4-6,9H,1H2,2-3H3;3H,1-2H2;2-3H2,1H3;1-2H2;1H3;2H,1H3/b6-4+,8-5-;;;;;. The molecule has 0 aliphatic heterocycles. The van der Waals surface area contributed by atoms with Crippen molar-refractivity contribution in [3.63, 3.8) is 0 Å². The average Bonchev–Trinajstić information content (AvgIpc) is 2.65. The van der Waals surface area contributed by atoms with Gasteiger partial charge in [0.15, 0.2) is 0 Å². The van der Waals surface area contributed by atoms with Crippen LogP contribution in [-0.2, 0) is 0 Å². The lowest BCUT2D eigenvalue weighted by Gasteiger charge is -1.93. The molecule has 0 saturated heterocycles. The van der Waals surface area contributed by atoms with E-state index in [-0.39, 0.29) is 0 Å². The smallest absolute Gasteiger partial charge is 0.0791 e. The number of hydrogen-bond acceptors (Lipinski definition) is 2. The number of aliphatic hydroxyl groups is 2. The maximum absolute atomic E-state index is 8.24. The summed E-state index contributed by atoms with van der Waals surface area (Å²) in [7, 11) is 1.00. The molecule has 0 aliphatic rings. The number of allylic oxidation sites excluding steroid dienone is 6. The van der Waals surface area contributed by atoms with Crippen LogP contribution < -0.4 is 0 Å². The van der Waals surface area contributed by atoms with Gasteiger partial charge in [-0.1, -0.05) is 89.6 Å². The van der Waals surface area contributed by atoms with E-state index in [9.17, 15) is 0 Å². The van der Waals surface area contributed by atoms with Crippen molar-refractivity contribution in [1.29, 1.82) is 0 Å². The topological polar surface area (TPSA) is 40.5 Å². The number of alkyl halides is 2. The van der Waals surface area contributed by atoms with Gasteiger partial charge < -0.3 is 10.2 Å². The van der Waals surface area contributed by atoms with E-state index in [2.05, 4.69) is 108 Å². The highest BCUT2D eigenvalue weighted by Gasteiger charge is 1.83. The summed E-state index contributed by atoms with van der Waals surface area (Å²) in [6.07, 6.45) is 7.40. The Labute approximate surface area is 192 Å². The first-order chi connectivity index (χ1) is 11.4. The molecule has 2 N–H and O–H groups in total. The van der Waals surface area contributed by atoms with Crippen LogP contribution in [0, 0.1) is 0 Å². The summed E-state index contributed by atoms with van der Waals surface area (Å²) in [5.41, 5.74) is 2.11. The van der Waals surface area contributed by atoms with Gasteiger partial charge in [-0.15, -0.1) is 13.2 Å². The van der Waals surface area contributed by atoms with Crippen molar-refractivity contribution < 1.29 is 10.2 Å². The Hall–Kier alpha value is 0.390. The molecule has 0 rings (SSSR count). The SMILES string of the molecule is C=C.C=C(C)/C(C)=C\C=C\O.C=CC(=C)I.CCCI.CI.CO. The van der Waals surface area contributed by atoms with E-state index in [0.29, 0.717) is 0 Å². The Morgan fingerprint density at radius 1 is 1.08 bits per heavy atom. The molecule has 24 heavy (non-hydrogen) atoms. The highest BCUT2D eigenvalue weighted by molar-refractivity contribution is 14.1. The fraction of sp³-hybridized carbons (Fsp3) is 0.368. The van der Waals surface area contributed by atoms with Gasteiger partial charge in [0.2, 0.25) is 0 Å². The highest BCUT2D eigenvalue weighted by Crippen LogP contribution is 2.03. The van der Waals surface area contributed by atoms with Crippen LogP contribution in [0.5, 0.6) is 0 Å². The van der Waals surface area contributed by atoms with E-state index in [1.54, 1.807) is 12.2 Å². The van der Waals surface area contributed by atoms with E-state index in [1.807, 2.05) is 24.9 Å². The molecular formula is C19H35I3O2. The Bertz CT molecular complexity index is 308. The summed E-state index contributed by atoms with van der Waals surface area (Å²) in [6.45, 7) is 22.8. The van der Waals surface area contributed by atoms with Gasteiger partial charge in [0.1, 0.15) is 0 Å². The van der Waals surface area contributed by atoms with Gasteiger partial charge in [-0.05, 0) is 63.9 Å². The third-order valence-corrected chi connectivity index (χ3v) is 3.04. The molecule has 0 unspecified atom stereocenters. The molecule has 0 amide bonds. The molecule has 0 bridgehead atoms. The van der Waals surface area contributed by atoms with Crippen molar-refractivity contribution in [2.24, 2.45) is 0 Å². The van der Waals surface area contributed by atoms with Gasteiger partial charge in [0.05, 0.1) is 6.26 Å². The first kappa shape index (κ1) is 39.5. The predicted octanol–water partition coefficient (Wildman–Crippen LogP) is 7.99. The molecule has 0 aliphatic carbocycles. The highest BCUT2D eigenvalue weighted by atomic mass is 127. The summed E-state index contributed by atoms with van der Waals surface area (Å²) >= 11 is 6.60. The molecule has 2 nitrogen and oxygen atoms in total. The van der Waals surface area contributed by atoms with Gasteiger partial charge in [-0.3, -0.25) is 0 Å². The quantitative estimate of drug-likeness (QED) is 0.104. The Morgan fingerprint density at radius 3 is 1.50 bits per heavy atom. The molecule has 0 saturated carbocycles. The van der Waals surface area contributed by atoms with Crippen LogP contribution in [0.1, 0.15) is 27.2 Å². The lowest BCUT2D eigenvalue weighted by atomic mass is 10.1. The van der Waals surface area contributed by atoms with Gasteiger partial charge in [0.25, 0.3) is 0 Å². The molecule has 0 spiro atoms. The molecule has 0 aromatic rings. The molecule has 0 fully saturated rings. The summed E-state index contributed by atoms with van der Waals surface area (Å²) in [6, 6.07) is 0. The zero-order valence-electron chi connectivity index (χ0n) is 15.8. The number of halogens is 3. The summed E-state index contributed by atoms with van der Waals surface area (Å²) < 4.78 is 2.28. The van der Waals surface area contributed by atoms with Crippen molar-refractivity contribution in [1.82, 2.24) is 0 Å². The Kier molecular flexibility index (Phi) is 81.4. The predicted molar refractivity (Wildman–Crippen MR) is 142 cm³/mol. The molecule has 0 aromatic heterocycles. The first-order valence-electron chi connectivity index (χ1n) is 6.86. The fourth-order valence-corrected chi connectivity index (χ4v) is 0.330. The van der Waals surface area contributed by atoms with E-state index in [0.717, 1.165) is 28.1 Å². The van der Waals surface area contributed by atoms with E-state index in [4.69, 9.17) is 10.2 Å². The lowest BCUT2D eigenvalue weighted by Crippen LogP contribution is -1.72. The molecular weight excluding hydrogens is 641 g/mol. The minimum Gasteiger partial charge on any atom is -0.516 e. The second kappa shape index (κ2) is 49.5. The third-order valence-electron chi connectivity index (χ3n) is 1.52. The number of aliphatic hydroxyl groups excluding tert-OH is 2.